The van der Waals surface area contributed by atoms with Gasteiger partial charge in [0.1, 0.15) is 21.9 Å². The second-order valence-electron chi connectivity index (χ2n) is 5.42. The molecule has 3 rings (SSSR count). The molecule has 0 aliphatic rings. The molecule has 0 spiro atoms. The van der Waals surface area contributed by atoms with E-state index >= 15 is 0 Å². The maximum absolute atomic E-state index is 12.1. The lowest BCUT2D eigenvalue weighted by Crippen LogP contribution is -2.12. The Morgan fingerprint density at radius 2 is 2.12 bits per heavy atom. The molecule has 0 bridgehead atoms. The molecule has 2 aromatic heterocycles. The van der Waals surface area contributed by atoms with E-state index in [0.29, 0.717) is 17.9 Å². The number of thiophene rings is 1. The van der Waals surface area contributed by atoms with Crippen LogP contribution in [0, 0.1) is 13.8 Å². The number of hydrogen-bond donors (Lipinski definition) is 2. The third-order valence-corrected chi connectivity index (χ3v) is 5.38. The first-order valence-corrected chi connectivity index (χ1v) is 9.26. The second kappa shape index (κ2) is 7.19. The van der Waals surface area contributed by atoms with E-state index in [1.165, 1.54) is 4.88 Å². The first kappa shape index (κ1) is 16.7. The van der Waals surface area contributed by atoms with Crippen molar-refractivity contribution in [3.8, 4) is 5.75 Å². The van der Waals surface area contributed by atoms with Gasteiger partial charge in [0.15, 0.2) is 0 Å². The summed E-state index contributed by atoms with van der Waals surface area (Å²) in [7, 11) is 0. The summed E-state index contributed by atoms with van der Waals surface area (Å²) in [4.78, 5) is 22.8. The fourth-order valence-electron chi connectivity index (χ4n) is 2.27. The van der Waals surface area contributed by atoms with Crippen LogP contribution in [0.2, 0.25) is 0 Å². The van der Waals surface area contributed by atoms with E-state index in [1.807, 2.05) is 13.8 Å². The number of phenols is 1. The van der Waals surface area contributed by atoms with Crippen molar-refractivity contribution in [3.63, 3.8) is 0 Å². The number of nitrogens with one attached hydrogen (secondary N) is 1. The highest BCUT2D eigenvalue weighted by Gasteiger charge is 2.10. The number of benzene rings is 1. The topological polar surface area (TPSA) is 75.1 Å². The van der Waals surface area contributed by atoms with Crippen molar-refractivity contribution in [2.75, 3.05) is 11.1 Å². The molecule has 0 fully saturated rings. The molecule has 2 heterocycles. The summed E-state index contributed by atoms with van der Waals surface area (Å²) >= 11 is 3.18. The number of hydrogen-bond acceptors (Lipinski definition) is 6. The van der Waals surface area contributed by atoms with Gasteiger partial charge in [-0.3, -0.25) is 4.79 Å². The lowest BCUT2D eigenvalue weighted by molar-refractivity contribution is -0.115. The zero-order chi connectivity index (χ0) is 17.1. The van der Waals surface area contributed by atoms with Crippen LogP contribution in [0.5, 0.6) is 5.75 Å². The molecule has 0 saturated carbocycles. The Labute approximate surface area is 148 Å². The second-order valence-corrected chi connectivity index (χ2v) is 7.74. The summed E-state index contributed by atoms with van der Waals surface area (Å²) in [5.41, 5.74) is 1.43. The third-order valence-electron chi connectivity index (χ3n) is 3.41. The molecule has 124 valence electrons. The predicted molar refractivity (Wildman–Crippen MR) is 99.0 cm³/mol. The van der Waals surface area contributed by atoms with Crippen molar-refractivity contribution in [2.24, 2.45) is 0 Å². The zero-order valence-corrected chi connectivity index (χ0v) is 15.0. The fourth-order valence-corrected chi connectivity index (χ4v) is 4.10. The van der Waals surface area contributed by atoms with E-state index in [-0.39, 0.29) is 11.7 Å². The van der Waals surface area contributed by atoms with Gasteiger partial charge in [0, 0.05) is 22.4 Å². The number of anilines is 1. The van der Waals surface area contributed by atoms with Crippen molar-refractivity contribution in [1.29, 1.82) is 0 Å². The Bertz CT molecular complexity index is 893. The van der Waals surface area contributed by atoms with Gasteiger partial charge in [0.05, 0.1) is 5.69 Å². The number of thioether (sulfide) groups is 1. The van der Waals surface area contributed by atoms with E-state index < -0.39 is 0 Å². The molecule has 0 unspecified atom stereocenters. The molecule has 3 aromatic rings. The maximum atomic E-state index is 12.1. The van der Waals surface area contributed by atoms with E-state index in [4.69, 9.17) is 0 Å². The van der Waals surface area contributed by atoms with Gasteiger partial charge in [-0.2, -0.15) is 0 Å². The molecule has 0 saturated heterocycles. The Kier molecular flexibility index (Phi) is 5.01. The molecule has 7 heteroatoms. The molecule has 0 aliphatic heterocycles. The standard InChI is InChI=1S/C17H17N3O2S2/c1-10-3-4-14(21)13(7-10)20-15(22)5-6-23-16-12-8-11(2)24-17(12)19-9-18-16/h3-4,7-9,21H,5-6H2,1-2H3,(H,20,22). The fraction of sp³-hybridized carbons (Fsp3) is 0.235. The molecule has 2 N–H and O–H groups in total. The van der Waals surface area contributed by atoms with Gasteiger partial charge in [-0.05, 0) is 37.6 Å². The molecular formula is C17H17N3O2S2. The molecular weight excluding hydrogens is 342 g/mol. The number of rotatable bonds is 5. The zero-order valence-electron chi connectivity index (χ0n) is 13.4. The largest absolute Gasteiger partial charge is 0.506 e. The quantitative estimate of drug-likeness (QED) is 0.407. The molecule has 1 aromatic carbocycles. The first-order valence-electron chi connectivity index (χ1n) is 7.46. The van der Waals surface area contributed by atoms with Gasteiger partial charge in [-0.15, -0.1) is 23.1 Å². The third kappa shape index (κ3) is 3.85. The van der Waals surface area contributed by atoms with Gasteiger partial charge in [0.2, 0.25) is 5.91 Å². The number of nitrogens with zero attached hydrogens (tertiary/aromatic N) is 2. The Morgan fingerprint density at radius 1 is 1.29 bits per heavy atom. The summed E-state index contributed by atoms with van der Waals surface area (Å²) in [6.45, 7) is 3.96. The highest BCUT2D eigenvalue weighted by Crippen LogP contribution is 2.30. The highest BCUT2D eigenvalue weighted by molar-refractivity contribution is 7.99. The number of aryl methyl sites for hydroxylation is 2. The number of carbonyl (C=O) groups excluding carboxylic acids is 1. The Hall–Kier alpha value is -2.12. The van der Waals surface area contributed by atoms with Crippen LogP contribution in [0.4, 0.5) is 5.69 Å². The monoisotopic (exact) mass is 359 g/mol. The Morgan fingerprint density at radius 3 is 2.96 bits per heavy atom. The number of fused-ring (bicyclic) bond motifs is 1. The van der Waals surface area contributed by atoms with E-state index in [2.05, 4.69) is 21.4 Å². The Balaban J connectivity index is 1.59. The molecule has 0 radical (unpaired) electrons. The van der Waals surface area contributed by atoms with E-state index in [1.54, 1.807) is 47.6 Å². The summed E-state index contributed by atoms with van der Waals surface area (Å²) < 4.78 is 0. The van der Waals surface area contributed by atoms with Gasteiger partial charge >= 0.3 is 0 Å². The van der Waals surface area contributed by atoms with Crippen LogP contribution in [-0.2, 0) is 4.79 Å². The minimum Gasteiger partial charge on any atom is -0.506 e. The van der Waals surface area contributed by atoms with Crippen molar-refractivity contribution >= 4 is 44.9 Å². The minimum atomic E-state index is -0.129. The van der Waals surface area contributed by atoms with Crippen LogP contribution in [-0.4, -0.2) is 26.7 Å². The molecule has 0 atom stereocenters. The van der Waals surface area contributed by atoms with Gasteiger partial charge in [-0.25, -0.2) is 9.97 Å². The van der Waals surface area contributed by atoms with Gasteiger partial charge in [-0.1, -0.05) is 6.07 Å². The normalized spacial score (nSPS) is 10.9. The van der Waals surface area contributed by atoms with Crippen molar-refractivity contribution < 1.29 is 9.90 Å². The van der Waals surface area contributed by atoms with E-state index in [0.717, 1.165) is 20.8 Å². The summed E-state index contributed by atoms with van der Waals surface area (Å²) in [5, 5.41) is 14.5. The number of aromatic nitrogens is 2. The van der Waals surface area contributed by atoms with Crippen LogP contribution in [0.15, 0.2) is 35.6 Å². The van der Waals surface area contributed by atoms with Crippen LogP contribution in [0.1, 0.15) is 16.9 Å². The first-order chi connectivity index (χ1) is 11.5. The van der Waals surface area contributed by atoms with Crippen LogP contribution >= 0.6 is 23.1 Å². The average molecular weight is 359 g/mol. The molecule has 5 nitrogen and oxygen atoms in total. The number of carbonyl (C=O) groups is 1. The summed E-state index contributed by atoms with van der Waals surface area (Å²) in [6, 6.07) is 7.20. The smallest absolute Gasteiger partial charge is 0.225 e. The van der Waals surface area contributed by atoms with E-state index in [9.17, 15) is 9.90 Å². The SMILES string of the molecule is Cc1ccc(O)c(NC(=O)CCSc2ncnc3sc(C)cc23)c1. The van der Waals surface area contributed by atoms with Crippen LogP contribution < -0.4 is 5.32 Å². The lowest BCUT2D eigenvalue weighted by Gasteiger charge is -2.08. The molecule has 0 aliphatic carbocycles. The molecule has 24 heavy (non-hydrogen) atoms. The number of aromatic hydroxyl groups is 1. The maximum Gasteiger partial charge on any atom is 0.225 e. The van der Waals surface area contributed by atoms with Gasteiger partial charge in [0.25, 0.3) is 0 Å². The number of amides is 1. The van der Waals surface area contributed by atoms with Crippen LogP contribution in [0.25, 0.3) is 10.2 Å². The highest BCUT2D eigenvalue weighted by atomic mass is 32.2. The predicted octanol–water partition coefficient (Wildman–Crippen LogP) is 4.13. The molecule has 1 amide bonds. The van der Waals surface area contributed by atoms with Gasteiger partial charge < -0.3 is 10.4 Å². The van der Waals surface area contributed by atoms with Crippen molar-refractivity contribution in [3.05, 3.63) is 41.0 Å². The average Bonchev–Trinajstić information content (AvgIpc) is 2.92. The van der Waals surface area contributed by atoms with Crippen LogP contribution in [0.3, 0.4) is 0 Å². The summed E-state index contributed by atoms with van der Waals surface area (Å²) in [5.74, 6) is 0.558. The van der Waals surface area contributed by atoms with Crippen molar-refractivity contribution in [1.82, 2.24) is 9.97 Å². The minimum absolute atomic E-state index is 0.0767. The number of phenolic OH excluding ortho intramolecular Hbond substituents is 1. The lowest BCUT2D eigenvalue weighted by atomic mass is 10.2. The van der Waals surface area contributed by atoms with Crippen molar-refractivity contribution in [2.45, 2.75) is 25.3 Å². The summed E-state index contributed by atoms with van der Waals surface area (Å²) in [6.07, 6.45) is 1.90.